The summed E-state index contributed by atoms with van der Waals surface area (Å²) >= 11 is 5.40. The van der Waals surface area contributed by atoms with Gasteiger partial charge in [0.05, 0.1) is 5.69 Å². The van der Waals surface area contributed by atoms with Crippen LogP contribution in [0.15, 0.2) is 24.4 Å². The quantitative estimate of drug-likeness (QED) is 0.830. The smallest absolute Gasteiger partial charge is 0.137 e. The summed E-state index contributed by atoms with van der Waals surface area (Å²) in [6, 6.07) is 5.71. The Hall–Kier alpha value is -0.810. The second kappa shape index (κ2) is 5.23. The van der Waals surface area contributed by atoms with Gasteiger partial charge in [0.15, 0.2) is 0 Å². The Morgan fingerprint density at radius 2 is 2.35 bits per heavy atom. The molecule has 17 heavy (non-hydrogen) atoms. The van der Waals surface area contributed by atoms with E-state index in [9.17, 15) is 4.21 Å². The standard InChI is InChI=1S/C12H16N2OS2/c1-13-11(16)12(7-3-5-9-17(12)15)10-6-2-4-8-14-10/h2,4,6,8H,3,5,7,9H2,1H3,(H,13,16)/t12-,17-/m1/s1. The summed E-state index contributed by atoms with van der Waals surface area (Å²) in [5.41, 5.74) is 0.831. The van der Waals surface area contributed by atoms with Gasteiger partial charge < -0.3 is 5.32 Å². The largest absolute Gasteiger partial charge is 0.381 e. The summed E-state index contributed by atoms with van der Waals surface area (Å²) in [4.78, 5) is 5.02. The molecule has 1 aromatic heterocycles. The van der Waals surface area contributed by atoms with Crippen molar-refractivity contribution in [3.05, 3.63) is 30.1 Å². The summed E-state index contributed by atoms with van der Waals surface area (Å²) in [6.07, 6.45) is 4.61. The summed E-state index contributed by atoms with van der Waals surface area (Å²) in [6.45, 7) is 0. The van der Waals surface area contributed by atoms with E-state index in [1.54, 1.807) is 13.2 Å². The molecule has 0 radical (unpaired) electrons. The van der Waals surface area contributed by atoms with Crippen LogP contribution in [0.3, 0.4) is 0 Å². The van der Waals surface area contributed by atoms with Gasteiger partial charge in [0, 0.05) is 29.8 Å². The molecule has 3 nitrogen and oxygen atoms in total. The first-order valence-electron chi connectivity index (χ1n) is 5.74. The van der Waals surface area contributed by atoms with Crippen LogP contribution in [-0.4, -0.2) is 27.0 Å². The second-order valence-electron chi connectivity index (χ2n) is 4.13. The first-order valence-corrected chi connectivity index (χ1v) is 7.46. The van der Waals surface area contributed by atoms with Crippen LogP contribution in [0.2, 0.25) is 0 Å². The molecule has 1 aliphatic heterocycles. The third kappa shape index (κ3) is 2.13. The first kappa shape index (κ1) is 12.6. The highest BCUT2D eigenvalue weighted by molar-refractivity contribution is 7.90. The molecular weight excluding hydrogens is 252 g/mol. The van der Waals surface area contributed by atoms with Crippen molar-refractivity contribution in [3.8, 4) is 0 Å². The Labute approximate surface area is 109 Å². The maximum absolute atomic E-state index is 12.5. The number of nitrogens with one attached hydrogen (secondary N) is 1. The van der Waals surface area contributed by atoms with Crippen molar-refractivity contribution >= 4 is 28.0 Å². The van der Waals surface area contributed by atoms with Crippen LogP contribution >= 0.6 is 12.2 Å². The zero-order chi connectivity index (χ0) is 12.3. The van der Waals surface area contributed by atoms with E-state index in [4.69, 9.17) is 12.2 Å². The Morgan fingerprint density at radius 3 is 2.94 bits per heavy atom. The van der Waals surface area contributed by atoms with Gasteiger partial charge in [0.1, 0.15) is 9.74 Å². The van der Waals surface area contributed by atoms with Crippen molar-refractivity contribution in [2.24, 2.45) is 0 Å². The SMILES string of the molecule is CNC(=S)[C@]1(c2ccccn2)CCCC[S@]1=O. The van der Waals surface area contributed by atoms with Crippen LogP contribution < -0.4 is 5.32 Å². The minimum Gasteiger partial charge on any atom is -0.381 e. The fourth-order valence-corrected chi connectivity index (χ4v) is 4.61. The topological polar surface area (TPSA) is 42.0 Å². The average molecular weight is 268 g/mol. The number of nitrogens with zero attached hydrogens (tertiary/aromatic N) is 1. The summed E-state index contributed by atoms with van der Waals surface area (Å²) < 4.78 is 11.9. The molecule has 92 valence electrons. The Kier molecular flexibility index (Phi) is 3.89. The Balaban J connectivity index is 2.50. The van der Waals surface area contributed by atoms with Gasteiger partial charge in [-0.2, -0.15) is 0 Å². The number of thiocarbonyl (C=S) groups is 1. The van der Waals surface area contributed by atoms with Crippen LogP contribution in [-0.2, 0) is 15.5 Å². The third-order valence-corrected chi connectivity index (χ3v) is 5.91. The Morgan fingerprint density at radius 1 is 1.53 bits per heavy atom. The molecule has 0 amide bonds. The van der Waals surface area contributed by atoms with Gasteiger partial charge in [-0.1, -0.05) is 24.7 Å². The zero-order valence-corrected chi connectivity index (χ0v) is 11.4. The Bertz CT molecular complexity index is 425. The van der Waals surface area contributed by atoms with Crippen molar-refractivity contribution in [1.29, 1.82) is 0 Å². The molecule has 1 aromatic rings. The van der Waals surface area contributed by atoms with Crippen molar-refractivity contribution in [3.63, 3.8) is 0 Å². The lowest BCUT2D eigenvalue weighted by atomic mass is 9.95. The van der Waals surface area contributed by atoms with E-state index in [-0.39, 0.29) is 0 Å². The highest BCUT2D eigenvalue weighted by Crippen LogP contribution is 2.37. The fourth-order valence-electron chi connectivity index (χ4n) is 2.28. The highest BCUT2D eigenvalue weighted by atomic mass is 32.2. The molecule has 2 atom stereocenters. The predicted molar refractivity (Wildman–Crippen MR) is 74.4 cm³/mol. The molecule has 0 bridgehead atoms. The van der Waals surface area contributed by atoms with E-state index in [0.29, 0.717) is 10.7 Å². The number of aromatic nitrogens is 1. The molecule has 1 aliphatic rings. The minimum atomic E-state index is -0.984. The number of pyridine rings is 1. The molecule has 5 heteroatoms. The molecule has 1 N–H and O–H groups in total. The van der Waals surface area contributed by atoms with Crippen molar-refractivity contribution in [2.75, 3.05) is 12.8 Å². The zero-order valence-electron chi connectivity index (χ0n) is 9.81. The summed E-state index contributed by atoms with van der Waals surface area (Å²) in [5, 5.41) is 3.00. The molecule has 2 heterocycles. The first-order chi connectivity index (χ1) is 8.21. The molecule has 1 fully saturated rings. The van der Waals surface area contributed by atoms with Gasteiger partial charge in [0.25, 0.3) is 0 Å². The van der Waals surface area contributed by atoms with Gasteiger partial charge >= 0.3 is 0 Å². The molecule has 0 unspecified atom stereocenters. The van der Waals surface area contributed by atoms with Crippen LogP contribution in [0.4, 0.5) is 0 Å². The molecule has 0 aromatic carbocycles. The molecular formula is C12H16N2OS2. The minimum absolute atomic E-state index is 0.580. The lowest BCUT2D eigenvalue weighted by Crippen LogP contribution is -2.48. The monoisotopic (exact) mass is 268 g/mol. The maximum Gasteiger partial charge on any atom is 0.137 e. The van der Waals surface area contributed by atoms with Gasteiger partial charge in [-0.3, -0.25) is 9.19 Å². The van der Waals surface area contributed by atoms with Crippen molar-refractivity contribution in [2.45, 2.75) is 24.0 Å². The van der Waals surface area contributed by atoms with Crippen LogP contribution in [0.1, 0.15) is 25.0 Å². The van der Waals surface area contributed by atoms with E-state index in [1.165, 1.54) is 0 Å². The number of hydrogen-bond acceptors (Lipinski definition) is 3. The third-order valence-electron chi connectivity index (χ3n) is 3.17. The second-order valence-corrected chi connectivity index (χ2v) is 6.33. The molecule has 0 saturated carbocycles. The molecule has 1 saturated heterocycles. The highest BCUT2D eigenvalue weighted by Gasteiger charge is 2.45. The van der Waals surface area contributed by atoms with Gasteiger partial charge in [0.2, 0.25) is 0 Å². The maximum atomic E-state index is 12.5. The van der Waals surface area contributed by atoms with E-state index in [2.05, 4.69) is 10.3 Å². The van der Waals surface area contributed by atoms with Crippen LogP contribution in [0.25, 0.3) is 0 Å². The number of rotatable bonds is 2. The lowest BCUT2D eigenvalue weighted by molar-refractivity contribution is 0.566. The van der Waals surface area contributed by atoms with Crippen LogP contribution in [0, 0.1) is 0 Å². The predicted octanol–water partition coefficient (Wildman–Crippen LogP) is 1.76. The van der Waals surface area contributed by atoms with E-state index in [0.717, 1.165) is 25.0 Å². The fraction of sp³-hybridized carbons (Fsp3) is 0.500. The lowest BCUT2D eigenvalue weighted by Gasteiger charge is -2.36. The van der Waals surface area contributed by atoms with Gasteiger partial charge in [-0.15, -0.1) is 0 Å². The number of hydrogen-bond donors (Lipinski definition) is 1. The van der Waals surface area contributed by atoms with Gasteiger partial charge in [-0.25, -0.2) is 0 Å². The van der Waals surface area contributed by atoms with Crippen LogP contribution in [0.5, 0.6) is 0 Å². The average Bonchev–Trinajstić information content (AvgIpc) is 2.39. The van der Waals surface area contributed by atoms with E-state index in [1.807, 2.05) is 18.2 Å². The molecule has 0 aliphatic carbocycles. The molecule has 2 rings (SSSR count). The van der Waals surface area contributed by atoms with E-state index < -0.39 is 15.5 Å². The molecule has 0 spiro atoms. The van der Waals surface area contributed by atoms with Gasteiger partial charge in [-0.05, 0) is 25.0 Å². The summed E-state index contributed by atoms with van der Waals surface area (Å²) in [7, 11) is 0.807. The van der Waals surface area contributed by atoms with E-state index >= 15 is 0 Å². The number of likely N-dealkylation sites (N-methyl/N-ethyl adjacent to an activating group) is 1. The normalized spacial score (nSPS) is 28.6. The van der Waals surface area contributed by atoms with Crippen molar-refractivity contribution < 1.29 is 4.21 Å². The van der Waals surface area contributed by atoms with Crippen molar-refractivity contribution in [1.82, 2.24) is 10.3 Å². The summed E-state index contributed by atoms with van der Waals surface area (Å²) in [5.74, 6) is 0.707.